The first-order chi connectivity index (χ1) is 7.60. The van der Waals surface area contributed by atoms with Crippen molar-refractivity contribution >= 4 is 12.1 Å². The van der Waals surface area contributed by atoms with Gasteiger partial charge in [0.2, 0.25) is 0 Å². The number of aliphatic hydroxyl groups is 1. The second kappa shape index (κ2) is 5.35. The summed E-state index contributed by atoms with van der Waals surface area (Å²) >= 11 is 0. The Morgan fingerprint density at radius 2 is 1.76 bits per heavy atom. The van der Waals surface area contributed by atoms with E-state index in [9.17, 15) is 14.7 Å². The van der Waals surface area contributed by atoms with E-state index in [1.165, 1.54) is 7.11 Å². The molecular weight excluding hydrogens is 226 g/mol. The molecule has 0 rings (SSSR count). The number of rotatable bonds is 4. The predicted molar refractivity (Wildman–Crippen MR) is 61.6 cm³/mol. The molecule has 0 aliphatic heterocycles. The van der Waals surface area contributed by atoms with Gasteiger partial charge < -0.3 is 20.3 Å². The second-order valence-corrected chi connectivity index (χ2v) is 5.23. The molecule has 0 heterocycles. The molecule has 0 saturated heterocycles. The summed E-state index contributed by atoms with van der Waals surface area (Å²) in [5.74, 6) is -0.709. The average molecular weight is 247 g/mol. The highest BCUT2D eigenvalue weighted by Crippen LogP contribution is 2.41. The van der Waals surface area contributed by atoms with Crippen LogP contribution >= 0.6 is 0 Å². The van der Waals surface area contributed by atoms with Crippen molar-refractivity contribution in [3.63, 3.8) is 0 Å². The van der Waals surface area contributed by atoms with Crippen molar-refractivity contribution < 1.29 is 24.5 Å². The molecule has 0 bridgehead atoms. The number of amides is 1. The largest absolute Gasteiger partial charge is 0.467 e. The van der Waals surface area contributed by atoms with Gasteiger partial charge in [-0.2, -0.15) is 0 Å². The third-order valence-corrected chi connectivity index (χ3v) is 3.38. The van der Waals surface area contributed by atoms with Gasteiger partial charge in [0.05, 0.1) is 13.7 Å². The lowest BCUT2D eigenvalue weighted by molar-refractivity contribution is -0.151. The molecule has 0 aromatic heterocycles. The first kappa shape index (κ1) is 15.7. The van der Waals surface area contributed by atoms with Gasteiger partial charge in [0, 0.05) is 5.41 Å². The number of carbonyl (C=O) groups excluding carboxylic acids is 1. The molecule has 0 saturated carbocycles. The summed E-state index contributed by atoms with van der Waals surface area (Å²) in [5.41, 5.74) is -1.44. The minimum Gasteiger partial charge on any atom is -0.467 e. The monoisotopic (exact) mass is 247 g/mol. The van der Waals surface area contributed by atoms with Crippen LogP contribution < -0.4 is 5.32 Å². The van der Waals surface area contributed by atoms with Crippen LogP contribution in [0.5, 0.6) is 0 Å². The fraction of sp³-hybridized carbons (Fsp3) is 0.818. The van der Waals surface area contributed by atoms with Crippen LogP contribution in [-0.4, -0.2) is 42.0 Å². The highest BCUT2D eigenvalue weighted by atomic mass is 16.5. The number of aliphatic hydroxyl groups excluding tert-OH is 1. The second-order valence-electron chi connectivity index (χ2n) is 5.23. The number of hydrogen-bond donors (Lipinski definition) is 3. The van der Waals surface area contributed by atoms with Gasteiger partial charge in [-0.15, -0.1) is 0 Å². The van der Waals surface area contributed by atoms with Gasteiger partial charge in [0.25, 0.3) is 0 Å². The molecule has 100 valence electrons. The molecule has 0 aromatic carbocycles. The van der Waals surface area contributed by atoms with Gasteiger partial charge >= 0.3 is 12.1 Å². The van der Waals surface area contributed by atoms with Gasteiger partial charge in [-0.1, -0.05) is 27.7 Å². The zero-order valence-electron chi connectivity index (χ0n) is 10.9. The summed E-state index contributed by atoms with van der Waals surface area (Å²) in [7, 11) is 1.18. The Balaban J connectivity index is 5.39. The van der Waals surface area contributed by atoms with Crippen LogP contribution in [0.3, 0.4) is 0 Å². The summed E-state index contributed by atoms with van der Waals surface area (Å²) < 4.78 is 4.58. The van der Waals surface area contributed by atoms with Gasteiger partial charge in [-0.05, 0) is 5.41 Å². The number of esters is 1. The number of hydrogen-bond acceptors (Lipinski definition) is 4. The van der Waals surface area contributed by atoms with Crippen LogP contribution in [0.2, 0.25) is 0 Å². The Hall–Kier alpha value is -1.30. The average Bonchev–Trinajstić information content (AvgIpc) is 2.21. The Bertz CT molecular complexity index is 297. The van der Waals surface area contributed by atoms with Gasteiger partial charge in [-0.25, -0.2) is 9.59 Å². The van der Waals surface area contributed by atoms with E-state index in [0.717, 1.165) is 0 Å². The topological polar surface area (TPSA) is 95.9 Å². The van der Waals surface area contributed by atoms with Crippen molar-refractivity contribution in [1.82, 2.24) is 5.32 Å². The normalized spacial score (nSPS) is 16.8. The van der Waals surface area contributed by atoms with Gasteiger partial charge in [0.1, 0.15) is 6.04 Å². The molecule has 0 aliphatic carbocycles. The summed E-state index contributed by atoms with van der Waals surface area (Å²) in [6.07, 6.45) is -1.33. The molecule has 3 N–H and O–H groups in total. The maximum atomic E-state index is 11.6. The maximum Gasteiger partial charge on any atom is 0.405 e. The van der Waals surface area contributed by atoms with Crippen LogP contribution in [-0.2, 0) is 9.53 Å². The first-order valence-corrected chi connectivity index (χ1v) is 5.28. The van der Waals surface area contributed by atoms with E-state index in [-0.39, 0.29) is 6.61 Å². The van der Waals surface area contributed by atoms with E-state index in [0.29, 0.717) is 0 Å². The van der Waals surface area contributed by atoms with Crippen LogP contribution in [0.4, 0.5) is 4.79 Å². The fourth-order valence-corrected chi connectivity index (χ4v) is 1.48. The van der Waals surface area contributed by atoms with E-state index in [1.54, 1.807) is 6.92 Å². The SMILES string of the molecule is COC(=O)C(NC(=O)O)C(C)(CO)C(C)(C)C. The Morgan fingerprint density at radius 1 is 1.29 bits per heavy atom. The van der Waals surface area contributed by atoms with Crippen LogP contribution in [0.1, 0.15) is 27.7 Å². The summed E-state index contributed by atoms with van der Waals surface area (Å²) in [5, 5.41) is 20.4. The zero-order valence-corrected chi connectivity index (χ0v) is 10.9. The fourth-order valence-electron chi connectivity index (χ4n) is 1.48. The van der Waals surface area contributed by atoms with E-state index in [1.807, 2.05) is 20.8 Å². The molecule has 0 aromatic rings. The molecule has 2 unspecified atom stereocenters. The number of ether oxygens (including phenoxy) is 1. The minimum absolute atomic E-state index is 0.337. The van der Waals surface area contributed by atoms with E-state index >= 15 is 0 Å². The van der Waals surface area contributed by atoms with Crippen molar-refractivity contribution in [3.05, 3.63) is 0 Å². The standard InChI is InChI=1S/C11H21NO5/c1-10(2,3)11(4,6-13)7(8(14)17-5)12-9(15)16/h7,12-13H,6H2,1-5H3,(H,15,16). The molecule has 1 amide bonds. The quantitative estimate of drug-likeness (QED) is 0.640. The summed E-state index contributed by atoms with van der Waals surface area (Å²) in [4.78, 5) is 22.4. The highest BCUT2D eigenvalue weighted by Gasteiger charge is 2.48. The lowest BCUT2D eigenvalue weighted by atomic mass is 9.64. The number of carboxylic acid groups (broad SMARTS) is 1. The van der Waals surface area contributed by atoms with Crippen molar-refractivity contribution in [3.8, 4) is 0 Å². The minimum atomic E-state index is -1.33. The Kier molecular flexibility index (Phi) is 4.94. The third kappa shape index (κ3) is 3.33. The van der Waals surface area contributed by atoms with Crippen molar-refractivity contribution in [2.45, 2.75) is 33.7 Å². The van der Waals surface area contributed by atoms with Crippen LogP contribution in [0, 0.1) is 10.8 Å². The van der Waals surface area contributed by atoms with E-state index < -0.39 is 28.9 Å². The lowest BCUT2D eigenvalue weighted by Gasteiger charge is -2.44. The van der Waals surface area contributed by atoms with Gasteiger partial charge in [0.15, 0.2) is 0 Å². The van der Waals surface area contributed by atoms with Crippen molar-refractivity contribution in [2.75, 3.05) is 13.7 Å². The molecule has 0 aliphatic rings. The van der Waals surface area contributed by atoms with E-state index in [4.69, 9.17) is 5.11 Å². The van der Waals surface area contributed by atoms with Crippen LogP contribution in [0.15, 0.2) is 0 Å². The summed E-state index contributed by atoms with van der Waals surface area (Å²) in [6.45, 7) is 6.77. The van der Waals surface area contributed by atoms with Crippen molar-refractivity contribution in [2.24, 2.45) is 10.8 Å². The van der Waals surface area contributed by atoms with Gasteiger partial charge in [-0.3, -0.25) is 0 Å². The molecule has 6 heteroatoms. The lowest BCUT2D eigenvalue weighted by Crippen LogP contribution is -2.58. The van der Waals surface area contributed by atoms with Crippen LogP contribution in [0.25, 0.3) is 0 Å². The number of carbonyl (C=O) groups is 2. The Morgan fingerprint density at radius 3 is 2.00 bits per heavy atom. The smallest absolute Gasteiger partial charge is 0.405 e. The Labute approximate surface area is 101 Å². The predicted octanol–water partition coefficient (Wildman–Crippen LogP) is 0.840. The third-order valence-electron chi connectivity index (χ3n) is 3.38. The number of methoxy groups -OCH3 is 1. The number of nitrogens with one attached hydrogen (secondary N) is 1. The molecule has 6 nitrogen and oxygen atoms in total. The highest BCUT2D eigenvalue weighted by molar-refractivity contribution is 5.81. The zero-order chi connectivity index (χ0) is 13.9. The molecular formula is C11H21NO5. The molecule has 0 spiro atoms. The van der Waals surface area contributed by atoms with E-state index in [2.05, 4.69) is 10.1 Å². The molecule has 0 fully saturated rings. The first-order valence-electron chi connectivity index (χ1n) is 5.28. The molecule has 17 heavy (non-hydrogen) atoms. The summed E-state index contributed by atoms with van der Waals surface area (Å²) in [6, 6.07) is -1.12. The van der Waals surface area contributed by atoms with Crippen molar-refractivity contribution in [1.29, 1.82) is 0 Å². The maximum absolute atomic E-state index is 11.6. The molecule has 2 atom stereocenters. The molecule has 0 radical (unpaired) electrons.